The van der Waals surface area contributed by atoms with Crippen LogP contribution in [0.1, 0.15) is 25.2 Å². The second kappa shape index (κ2) is 6.22. The number of hydrogen-bond acceptors (Lipinski definition) is 2. The Balaban J connectivity index is 2.16. The van der Waals surface area contributed by atoms with Crippen LogP contribution in [0.2, 0.25) is 0 Å². The van der Waals surface area contributed by atoms with Crippen LogP contribution < -0.4 is 10.6 Å². The van der Waals surface area contributed by atoms with Crippen molar-refractivity contribution in [1.29, 1.82) is 0 Å². The van der Waals surface area contributed by atoms with E-state index < -0.39 is 0 Å². The van der Waals surface area contributed by atoms with Crippen molar-refractivity contribution < 1.29 is 0 Å². The average molecular weight is 259 g/mol. The zero-order valence-corrected chi connectivity index (χ0v) is 11.7. The fraction of sp³-hybridized carbons (Fsp3) is 0.429. The molecule has 0 saturated carbocycles. The van der Waals surface area contributed by atoms with E-state index in [-0.39, 0.29) is 0 Å². The maximum absolute atomic E-state index is 4.59. The van der Waals surface area contributed by atoms with Crippen molar-refractivity contribution in [2.24, 2.45) is 4.99 Å². The molecular weight excluding hydrogens is 238 g/mol. The highest BCUT2D eigenvalue weighted by atomic mass is 15.2. The van der Waals surface area contributed by atoms with E-state index in [9.17, 15) is 0 Å². The predicted octanol–water partition coefficient (Wildman–Crippen LogP) is 1.95. The third-order valence-corrected chi connectivity index (χ3v) is 2.84. The van der Waals surface area contributed by atoms with E-state index in [1.807, 2.05) is 12.1 Å². The number of hydrogen-bond donors (Lipinski definition) is 3. The average Bonchev–Trinajstić information content (AvgIpc) is 2.81. The number of rotatable bonds is 4. The van der Waals surface area contributed by atoms with Crippen molar-refractivity contribution >= 4 is 17.0 Å². The van der Waals surface area contributed by atoms with Gasteiger partial charge in [0.15, 0.2) is 5.96 Å². The minimum absolute atomic E-state index is 0.545. The van der Waals surface area contributed by atoms with Gasteiger partial charge < -0.3 is 15.6 Å². The molecule has 0 fully saturated rings. The van der Waals surface area contributed by atoms with Crippen LogP contribution in [0.3, 0.4) is 0 Å². The monoisotopic (exact) mass is 259 g/mol. The summed E-state index contributed by atoms with van der Waals surface area (Å²) in [7, 11) is 0. The smallest absolute Gasteiger partial charge is 0.191 e. The fourth-order valence-electron chi connectivity index (χ4n) is 1.96. The van der Waals surface area contributed by atoms with Crippen LogP contribution >= 0.6 is 0 Å². The molecule has 2 aromatic rings. The van der Waals surface area contributed by atoms with Gasteiger partial charge in [-0.05, 0) is 32.4 Å². The van der Waals surface area contributed by atoms with Gasteiger partial charge in [-0.1, -0.05) is 12.1 Å². The van der Waals surface area contributed by atoms with Gasteiger partial charge in [-0.15, -0.1) is 0 Å². The molecule has 0 amide bonds. The van der Waals surface area contributed by atoms with Crippen molar-refractivity contribution in [3.05, 3.63) is 29.6 Å². The molecule has 1 aromatic carbocycles. The molecule has 2 rings (SSSR count). The molecule has 0 aliphatic heterocycles. The molecule has 102 valence electrons. The lowest BCUT2D eigenvalue weighted by atomic mass is 10.2. The Kier molecular flexibility index (Phi) is 4.39. The molecule has 0 unspecified atom stereocenters. The van der Waals surface area contributed by atoms with Crippen LogP contribution in [0.5, 0.6) is 0 Å². The number of fused-ring (bicyclic) bond motifs is 1. The Morgan fingerprint density at radius 1 is 1.26 bits per heavy atom. The maximum Gasteiger partial charge on any atom is 0.191 e. The quantitative estimate of drug-likeness (QED) is 0.581. The van der Waals surface area contributed by atoms with Crippen LogP contribution in [0.4, 0.5) is 0 Å². The molecule has 0 saturated heterocycles. The zero-order valence-electron chi connectivity index (χ0n) is 11.7. The lowest BCUT2D eigenvalue weighted by molar-refractivity contribution is 0.829. The Bertz CT molecular complexity index is 562. The summed E-state index contributed by atoms with van der Waals surface area (Å²) in [6.45, 7) is 8.42. The summed E-state index contributed by atoms with van der Waals surface area (Å²) in [6, 6.07) is 6.14. The van der Waals surface area contributed by atoms with E-state index >= 15 is 0 Å². The van der Waals surface area contributed by atoms with Gasteiger partial charge in [0.1, 0.15) is 12.4 Å². The maximum atomic E-state index is 4.59. The van der Waals surface area contributed by atoms with Gasteiger partial charge in [-0.3, -0.25) is 0 Å². The highest BCUT2D eigenvalue weighted by Crippen LogP contribution is 2.15. The molecule has 1 heterocycles. The number of nitrogens with zero attached hydrogens (tertiary/aromatic N) is 2. The van der Waals surface area contributed by atoms with Gasteiger partial charge in [0.25, 0.3) is 0 Å². The van der Waals surface area contributed by atoms with E-state index in [1.54, 1.807) is 0 Å². The molecule has 0 aliphatic carbocycles. The number of aromatic nitrogens is 2. The predicted molar refractivity (Wildman–Crippen MR) is 79.3 cm³/mol. The second-order valence-corrected chi connectivity index (χ2v) is 4.38. The number of aliphatic imine (C=N–C) groups is 1. The van der Waals surface area contributed by atoms with Crippen molar-refractivity contribution in [2.45, 2.75) is 27.3 Å². The topological polar surface area (TPSA) is 65.1 Å². The minimum atomic E-state index is 0.545. The molecule has 3 N–H and O–H groups in total. The summed E-state index contributed by atoms with van der Waals surface area (Å²) in [5.74, 6) is 1.71. The first-order valence-corrected chi connectivity index (χ1v) is 6.71. The number of H-pyrrole nitrogens is 1. The molecule has 0 radical (unpaired) electrons. The summed E-state index contributed by atoms with van der Waals surface area (Å²) in [5.41, 5.74) is 3.28. The van der Waals surface area contributed by atoms with Crippen LogP contribution in [0, 0.1) is 6.92 Å². The SMILES string of the molecule is CCNC(=NCc1nc2c(C)cccc2[nH]1)NCC. The lowest BCUT2D eigenvalue weighted by Gasteiger charge is -2.08. The van der Waals surface area contributed by atoms with E-state index in [4.69, 9.17) is 0 Å². The van der Waals surface area contributed by atoms with E-state index in [2.05, 4.69) is 52.4 Å². The number of aromatic amines is 1. The number of aryl methyl sites for hydroxylation is 1. The normalized spacial score (nSPS) is 10.5. The summed E-state index contributed by atoms with van der Waals surface area (Å²) >= 11 is 0. The largest absolute Gasteiger partial charge is 0.357 e. The van der Waals surface area contributed by atoms with E-state index in [0.717, 1.165) is 35.9 Å². The Morgan fingerprint density at radius 3 is 2.63 bits per heavy atom. The van der Waals surface area contributed by atoms with Crippen LogP contribution in [-0.2, 0) is 6.54 Å². The summed E-state index contributed by atoms with van der Waals surface area (Å²) < 4.78 is 0. The first-order chi connectivity index (χ1) is 9.24. The standard InChI is InChI=1S/C14H21N5/c1-4-15-14(16-5-2)17-9-12-18-11-8-6-7-10(3)13(11)19-12/h6-8H,4-5,9H2,1-3H3,(H,18,19)(H2,15,16,17). The second-order valence-electron chi connectivity index (χ2n) is 4.38. The number of guanidine groups is 1. The number of imidazole rings is 1. The molecule has 5 nitrogen and oxygen atoms in total. The van der Waals surface area contributed by atoms with E-state index in [0.29, 0.717) is 6.54 Å². The van der Waals surface area contributed by atoms with Gasteiger partial charge in [0.05, 0.1) is 11.0 Å². The molecular formula is C14H21N5. The first-order valence-electron chi connectivity index (χ1n) is 6.71. The van der Waals surface area contributed by atoms with E-state index in [1.165, 1.54) is 5.56 Å². The molecule has 0 aliphatic rings. The highest BCUT2D eigenvalue weighted by molar-refractivity contribution is 5.80. The Hall–Kier alpha value is -2.04. The van der Waals surface area contributed by atoms with Crippen LogP contribution in [-0.4, -0.2) is 29.0 Å². The number of nitrogens with one attached hydrogen (secondary N) is 3. The third kappa shape index (κ3) is 3.24. The molecule has 0 atom stereocenters. The first kappa shape index (κ1) is 13.4. The van der Waals surface area contributed by atoms with Gasteiger partial charge in [-0.2, -0.15) is 0 Å². The van der Waals surface area contributed by atoms with Crippen molar-refractivity contribution in [3.8, 4) is 0 Å². The summed E-state index contributed by atoms with van der Waals surface area (Å²) in [5, 5.41) is 6.39. The summed E-state index contributed by atoms with van der Waals surface area (Å²) in [6.07, 6.45) is 0. The zero-order chi connectivity index (χ0) is 13.7. The number of para-hydroxylation sites is 1. The number of benzene rings is 1. The minimum Gasteiger partial charge on any atom is -0.357 e. The van der Waals surface area contributed by atoms with Crippen molar-refractivity contribution in [1.82, 2.24) is 20.6 Å². The molecule has 5 heteroatoms. The van der Waals surface area contributed by atoms with Crippen molar-refractivity contribution in [3.63, 3.8) is 0 Å². The molecule has 0 spiro atoms. The van der Waals surface area contributed by atoms with Gasteiger partial charge in [-0.25, -0.2) is 9.98 Å². The molecule has 19 heavy (non-hydrogen) atoms. The Morgan fingerprint density at radius 2 is 2.00 bits per heavy atom. The van der Waals surface area contributed by atoms with Crippen LogP contribution in [0.15, 0.2) is 23.2 Å². The fourth-order valence-corrected chi connectivity index (χ4v) is 1.96. The summed E-state index contributed by atoms with van der Waals surface area (Å²) in [4.78, 5) is 12.4. The van der Waals surface area contributed by atoms with Crippen LogP contribution in [0.25, 0.3) is 11.0 Å². The lowest BCUT2D eigenvalue weighted by Crippen LogP contribution is -2.37. The van der Waals surface area contributed by atoms with Gasteiger partial charge in [0.2, 0.25) is 0 Å². The highest BCUT2D eigenvalue weighted by Gasteiger charge is 2.04. The van der Waals surface area contributed by atoms with Crippen molar-refractivity contribution in [2.75, 3.05) is 13.1 Å². The molecule has 0 bridgehead atoms. The van der Waals surface area contributed by atoms with Gasteiger partial charge in [0, 0.05) is 13.1 Å². The third-order valence-electron chi connectivity index (χ3n) is 2.84. The Labute approximate surface area is 113 Å². The molecule has 1 aromatic heterocycles. The van der Waals surface area contributed by atoms with Gasteiger partial charge >= 0.3 is 0 Å².